The van der Waals surface area contributed by atoms with Crippen LogP contribution in [0.4, 0.5) is 0 Å². The Balaban J connectivity index is 8.14. The van der Waals surface area contributed by atoms with Gasteiger partial charge in [-0.1, -0.05) is 13.8 Å². The average molecular weight is 2190 g/mol. The predicted molar refractivity (Wildman–Crippen MR) is 420 cm³/mol. The Bertz CT molecular complexity index is 4380. The van der Waals surface area contributed by atoms with Gasteiger partial charge < -0.3 is 196 Å². The summed E-state index contributed by atoms with van der Waals surface area (Å²) >= 11 is 0. The molecule has 0 saturated heterocycles. The first kappa shape index (κ1) is 125. The molecule has 0 aliphatic rings. The van der Waals surface area contributed by atoms with E-state index < -0.39 is 394 Å². The van der Waals surface area contributed by atoms with Gasteiger partial charge in [0, 0.05) is 0 Å². The van der Waals surface area contributed by atoms with Gasteiger partial charge in [0.2, 0.25) is 0 Å². The van der Waals surface area contributed by atoms with Gasteiger partial charge in [-0.15, -0.1) is 0 Å². The van der Waals surface area contributed by atoms with E-state index in [1.54, 1.807) is 0 Å². The van der Waals surface area contributed by atoms with Crippen molar-refractivity contribution in [1.82, 2.24) is 0 Å². The predicted octanol–water partition coefficient (Wildman–Crippen LogP) is -0.246. The van der Waals surface area contributed by atoms with Crippen molar-refractivity contribution in [3.8, 4) is 0 Å². The topological polar surface area (TPSA) is 1150 Å². The molecule has 0 aromatic heterocycles. The SMILES string of the molecule is CCC(CC(CC(CC(CC(CC(CC(CC(CC(CC(CC(CC(CC(CC(CC(CC(CC(CC(CC(CC(C)P(=O)(O)O)P(=O)(O)O)P(=O)(O)O)P(=O)(O)O)P(=O)(O)O)P(=O)(O)O)P(=O)(O)O)P(=O)(O)O)P(=O)(O)O)P(=O)(O)O)P(=O)(O)O)P(=O)(O)O)P(=O)(O)O)P(=O)(O)O)P(=O)(O)O)P(=O)(O)O)P(=O)(O)O)P(=O)(O)O)P(=O)(O)O)P(=O)(O)O. The van der Waals surface area contributed by atoms with Crippen LogP contribution in [-0.2, 0) is 91.3 Å². The summed E-state index contributed by atoms with van der Waals surface area (Å²) in [5.41, 5.74) is -58.1. The van der Waals surface area contributed by atoms with E-state index in [0.717, 1.165) is 6.92 Å². The van der Waals surface area contributed by atoms with Crippen molar-refractivity contribution < 1.29 is 287 Å². The van der Waals surface area contributed by atoms with E-state index in [0.29, 0.717) is 6.92 Å². The van der Waals surface area contributed by atoms with Crippen LogP contribution in [-0.4, -0.2) is 309 Å². The van der Waals surface area contributed by atoms with Crippen LogP contribution in [0, 0.1) is 0 Å². The molecule has 0 bridgehead atoms. The second kappa shape index (κ2) is 45.5. The van der Waals surface area contributed by atoms with Crippen LogP contribution >= 0.6 is 152 Å². The summed E-state index contributed by atoms with van der Waals surface area (Å²) in [6.45, 7) is 1.78. The van der Waals surface area contributed by atoms with E-state index in [1.165, 1.54) is 0 Å². The van der Waals surface area contributed by atoms with Crippen molar-refractivity contribution in [1.29, 1.82) is 0 Å². The Morgan fingerprint density at radius 2 is 0.189 bits per heavy atom. The normalized spacial score (nSPS) is 20.0. The summed E-state index contributed by atoms with van der Waals surface area (Å²) in [5, 5.41) is 0. The van der Waals surface area contributed by atoms with Gasteiger partial charge in [0.05, 0.1) is 113 Å². The highest BCUT2D eigenvalue weighted by Crippen LogP contribution is 2.68. The molecule has 0 aromatic rings. The lowest BCUT2D eigenvalue weighted by molar-refractivity contribution is 0.299. The lowest BCUT2D eigenvalue weighted by atomic mass is 9.99. The van der Waals surface area contributed by atoms with Crippen molar-refractivity contribution in [3.05, 3.63) is 0 Å². The molecule has 0 aliphatic carbocycles. The van der Waals surface area contributed by atoms with E-state index >= 15 is 0 Å². The smallest absolute Gasteiger partial charge is 0.324 e. The van der Waals surface area contributed by atoms with Gasteiger partial charge in [-0.05, 0) is 128 Å². The first-order valence-electron chi connectivity index (χ1n) is 34.0. The van der Waals surface area contributed by atoms with Crippen molar-refractivity contribution >= 4 is 152 Å². The van der Waals surface area contributed by atoms with Crippen LogP contribution in [0.5, 0.6) is 0 Å². The van der Waals surface area contributed by atoms with Crippen LogP contribution in [0.25, 0.3) is 0 Å². The molecule has 122 heavy (non-hydrogen) atoms. The summed E-state index contributed by atoms with van der Waals surface area (Å²) in [7, 11) is -124. The van der Waals surface area contributed by atoms with Gasteiger partial charge in [0.25, 0.3) is 0 Å². The minimum absolute atomic E-state index is 0.574. The zero-order chi connectivity index (χ0) is 97.7. The minimum Gasteiger partial charge on any atom is -0.324 e. The van der Waals surface area contributed by atoms with E-state index in [9.17, 15) is 287 Å². The molecular formula is C42H106O60P20. The Morgan fingerprint density at radius 1 is 0.123 bits per heavy atom. The van der Waals surface area contributed by atoms with E-state index in [-0.39, 0.29) is 0 Å². The molecule has 0 spiro atoms. The second-order valence-corrected chi connectivity index (χ2v) is 68.3. The maximum atomic E-state index is 13.3. The average Bonchev–Trinajstić information content (AvgIpc) is 0.806. The maximum absolute atomic E-state index is 13.3. The standard InChI is InChI=1S/C42H106O60P20/c1-3-24(104(46,47)48)5-26(106(52,53)54)7-28(108(58,59)60)9-30(110(64,65)66)11-32(112(70,71)72)13-34(114(76,77)78)15-36(116(82,83)84)17-38(118(88,89)90)19-40(120(94,95)96)21-42(122(100,101)102)22-41(121(97,98)99)20-39(119(91,92)93)18-37(117(85,86)87)16-35(115(79,80)81)14-33(113(73,74)75)12-31(111(67,68)69)10-29(109(61,62)63)8-27(107(55,56)57)6-25(105(49,50)51)4-23(2)103(43,44)45/h23-42H,3-22H2,1-2H3,(H2,43,44,45)(H2,46,47,48)(H2,49,50,51)(H2,52,53,54)(H2,55,56,57)(H2,58,59,60)(H2,61,62,63)(H2,64,65,66)(H2,67,68,69)(H2,70,71,72)(H2,73,74,75)(H2,76,77,78)(H2,79,80,81)(H2,82,83,84)(H2,85,86,87)(H2,88,89,90)(H2,91,92,93)(H2,94,95,96)(H2,97,98,99)(H2,100,101,102). The monoisotopic (exact) mass is 2190 g/mol. The van der Waals surface area contributed by atoms with Crippen molar-refractivity contribution in [2.45, 2.75) is 255 Å². The second-order valence-electron chi connectivity index (χ2n) is 29.9. The molecule has 0 aromatic carbocycles. The van der Waals surface area contributed by atoms with Crippen LogP contribution in [0.15, 0.2) is 0 Å². The van der Waals surface area contributed by atoms with E-state index in [4.69, 9.17) is 0 Å². The Kier molecular flexibility index (Phi) is 46.6. The summed E-state index contributed by atoms with van der Waals surface area (Å²) in [5.74, 6) is 0. The lowest BCUT2D eigenvalue weighted by Crippen LogP contribution is -2.32. The fourth-order valence-electron chi connectivity index (χ4n) is 13.4. The third kappa shape index (κ3) is 45.3. The zero-order valence-electron chi connectivity index (χ0n) is 62.7. The fraction of sp³-hybridized carbons (Fsp3) is 1.00. The van der Waals surface area contributed by atoms with E-state index in [2.05, 4.69) is 0 Å². The summed E-state index contributed by atoms with van der Waals surface area (Å²) < 4.78 is 259. The van der Waals surface area contributed by atoms with Gasteiger partial charge >= 0.3 is 152 Å². The highest BCUT2D eigenvalue weighted by molar-refractivity contribution is 7.59. The quantitative estimate of drug-likeness (QED) is 0.0349. The molecule has 0 fully saturated rings. The number of rotatable bonds is 59. The van der Waals surface area contributed by atoms with Gasteiger partial charge in [0.1, 0.15) is 0 Å². The van der Waals surface area contributed by atoms with Gasteiger partial charge in [-0.2, -0.15) is 0 Å². The van der Waals surface area contributed by atoms with Crippen LogP contribution < -0.4 is 0 Å². The summed E-state index contributed by atoms with van der Waals surface area (Å²) in [6.07, 6.45) is -36.6. The number of hydrogen-bond acceptors (Lipinski definition) is 20. The molecule has 0 saturated carbocycles. The lowest BCUT2D eigenvalue weighted by Gasteiger charge is -2.34. The third-order valence-corrected chi connectivity index (χ3v) is 48.1. The maximum Gasteiger partial charge on any atom is 0.328 e. The number of hydrogen-bond donors (Lipinski definition) is 40. The van der Waals surface area contributed by atoms with Gasteiger partial charge in [-0.25, -0.2) is 0 Å². The fourth-order valence-corrected chi connectivity index (χ4v) is 37.2. The summed E-state index contributed by atoms with van der Waals surface area (Å²) in [6, 6.07) is 0. The third-order valence-electron chi connectivity index (χ3n) is 20.5. The molecule has 734 valence electrons. The van der Waals surface area contributed by atoms with Crippen molar-refractivity contribution in [2.75, 3.05) is 0 Å². The highest BCUT2D eigenvalue weighted by atomic mass is 31.2. The van der Waals surface area contributed by atoms with Crippen LogP contribution in [0.2, 0.25) is 0 Å². The molecule has 60 nitrogen and oxygen atoms in total. The molecule has 0 rings (SSSR count). The van der Waals surface area contributed by atoms with E-state index in [1.807, 2.05) is 0 Å². The Morgan fingerprint density at radius 3 is 0.246 bits per heavy atom. The molecule has 20 unspecified atom stereocenters. The first-order valence-corrected chi connectivity index (χ1v) is 67.7. The van der Waals surface area contributed by atoms with Crippen molar-refractivity contribution in [3.63, 3.8) is 0 Å². The molecule has 80 heteroatoms. The van der Waals surface area contributed by atoms with Crippen molar-refractivity contribution in [2.24, 2.45) is 0 Å². The largest absolute Gasteiger partial charge is 0.328 e. The molecule has 0 heterocycles. The Labute approximate surface area is 691 Å². The van der Waals surface area contributed by atoms with Crippen LogP contribution in [0.3, 0.4) is 0 Å². The molecule has 40 N–H and O–H groups in total. The molecule has 20 atom stereocenters. The first-order chi connectivity index (χ1) is 53.0. The van der Waals surface area contributed by atoms with Crippen LogP contribution in [0.1, 0.15) is 142 Å². The summed E-state index contributed by atoms with van der Waals surface area (Å²) in [4.78, 5) is 414. The zero-order valence-corrected chi connectivity index (χ0v) is 80.6. The Hall–Kier alpha value is 3.00. The molecule has 0 radical (unpaired) electrons. The molecule has 0 aliphatic heterocycles. The minimum atomic E-state index is -6.50. The van der Waals surface area contributed by atoms with Gasteiger partial charge in [-0.3, -0.25) is 91.3 Å². The van der Waals surface area contributed by atoms with Gasteiger partial charge in [0.15, 0.2) is 0 Å². The molecule has 0 amide bonds. The molecular weight excluding hydrogens is 2080 g/mol. The highest BCUT2D eigenvalue weighted by Gasteiger charge is 2.55.